The molecular formula is C17H19ClN4O3. The topological polar surface area (TPSA) is 85.7 Å². The van der Waals surface area contributed by atoms with Crippen LogP contribution in [0.2, 0.25) is 5.02 Å². The zero-order valence-corrected chi connectivity index (χ0v) is 14.8. The van der Waals surface area contributed by atoms with Gasteiger partial charge in [0.2, 0.25) is 5.91 Å². The van der Waals surface area contributed by atoms with Crippen LogP contribution < -0.4 is 10.1 Å². The van der Waals surface area contributed by atoms with E-state index in [0.29, 0.717) is 42.6 Å². The summed E-state index contributed by atoms with van der Waals surface area (Å²) in [6, 6.07) is 6.74. The van der Waals surface area contributed by atoms with E-state index in [2.05, 4.69) is 5.32 Å². The summed E-state index contributed by atoms with van der Waals surface area (Å²) in [7, 11) is 1.50. The van der Waals surface area contributed by atoms with Crippen molar-refractivity contribution in [2.75, 3.05) is 38.6 Å². The van der Waals surface area contributed by atoms with Crippen LogP contribution >= 0.6 is 11.6 Å². The van der Waals surface area contributed by atoms with E-state index in [1.165, 1.54) is 20.2 Å². The Labute approximate surface area is 151 Å². The number of carbonyl (C=O) groups is 2. The number of rotatable bonds is 4. The van der Waals surface area contributed by atoms with Gasteiger partial charge in [0.1, 0.15) is 17.4 Å². The minimum atomic E-state index is -0.516. The molecule has 1 aliphatic rings. The maximum absolute atomic E-state index is 12.3. The molecule has 0 bridgehead atoms. The summed E-state index contributed by atoms with van der Waals surface area (Å²) in [4.78, 5) is 27.2. The van der Waals surface area contributed by atoms with Crippen LogP contribution in [0.5, 0.6) is 5.75 Å². The third-order valence-electron chi connectivity index (χ3n) is 3.85. The van der Waals surface area contributed by atoms with Gasteiger partial charge in [0.05, 0.1) is 12.1 Å². The van der Waals surface area contributed by atoms with E-state index < -0.39 is 5.91 Å². The van der Waals surface area contributed by atoms with E-state index in [1.54, 1.807) is 23.1 Å². The number of nitriles is 1. The van der Waals surface area contributed by atoms with Crippen molar-refractivity contribution < 1.29 is 14.3 Å². The third-order valence-corrected chi connectivity index (χ3v) is 4.14. The van der Waals surface area contributed by atoms with Crippen LogP contribution in [-0.2, 0) is 9.59 Å². The second-order valence-corrected chi connectivity index (χ2v) is 5.91. The summed E-state index contributed by atoms with van der Waals surface area (Å²) in [5.74, 6) is 0.00931. The fourth-order valence-corrected chi connectivity index (χ4v) is 2.69. The molecule has 8 heteroatoms. The fourth-order valence-electron chi connectivity index (χ4n) is 2.43. The number of hydrogen-bond donors (Lipinski definition) is 1. The van der Waals surface area contributed by atoms with Gasteiger partial charge in [0.25, 0.3) is 5.91 Å². The highest BCUT2D eigenvalue weighted by Crippen LogP contribution is 2.27. The van der Waals surface area contributed by atoms with Gasteiger partial charge >= 0.3 is 0 Å². The van der Waals surface area contributed by atoms with E-state index in [1.807, 2.05) is 11.0 Å². The minimum absolute atomic E-state index is 0.0109. The lowest BCUT2D eigenvalue weighted by molar-refractivity contribution is -0.130. The first kappa shape index (κ1) is 18.6. The molecule has 1 aromatic rings. The highest BCUT2D eigenvalue weighted by Gasteiger charge is 2.18. The maximum Gasteiger partial charge on any atom is 0.267 e. The summed E-state index contributed by atoms with van der Waals surface area (Å²) in [6.45, 7) is 3.82. The largest absolute Gasteiger partial charge is 0.495 e. The summed E-state index contributed by atoms with van der Waals surface area (Å²) < 4.78 is 5.06. The molecule has 1 heterocycles. The zero-order chi connectivity index (χ0) is 18.4. The number of nitrogens with zero attached hydrogens (tertiary/aromatic N) is 3. The Kier molecular flexibility index (Phi) is 6.25. The number of ether oxygens (including phenoxy) is 1. The van der Waals surface area contributed by atoms with Gasteiger partial charge < -0.3 is 19.9 Å². The Morgan fingerprint density at radius 2 is 2.00 bits per heavy atom. The molecule has 132 valence electrons. The van der Waals surface area contributed by atoms with E-state index in [0.717, 1.165) is 0 Å². The monoisotopic (exact) mass is 362 g/mol. The minimum Gasteiger partial charge on any atom is -0.495 e. The summed E-state index contributed by atoms with van der Waals surface area (Å²) >= 11 is 6.02. The van der Waals surface area contributed by atoms with Crippen LogP contribution in [0.4, 0.5) is 5.69 Å². The Hall–Kier alpha value is -2.72. The van der Waals surface area contributed by atoms with Crippen LogP contribution in [-0.4, -0.2) is 54.9 Å². The van der Waals surface area contributed by atoms with Crippen LogP contribution in [0.1, 0.15) is 6.92 Å². The van der Waals surface area contributed by atoms with Crippen molar-refractivity contribution in [3.05, 3.63) is 35.0 Å². The lowest BCUT2D eigenvalue weighted by atomic mass is 10.2. The average Bonchev–Trinajstić information content (AvgIpc) is 2.60. The number of anilines is 1. The molecule has 1 fully saturated rings. The van der Waals surface area contributed by atoms with Crippen molar-refractivity contribution in [2.24, 2.45) is 0 Å². The predicted octanol–water partition coefficient (Wildman–Crippen LogP) is 1.86. The number of piperazine rings is 1. The highest BCUT2D eigenvalue weighted by molar-refractivity contribution is 6.32. The molecule has 1 N–H and O–H groups in total. The first-order valence-corrected chi connectivity index (χ1v) is 8.08. The van der Waals surface area contributed by atoms with Gasteiger partial charge in [-0.3, -0.25) is 9.59 Å². The molecule has 0 radical (unpaired) electrons. The number of carbonyl (C=O) groups excluding carboxylic acids is 2. The fraction of sp³-hybridized carbons (Fsp3) is 0.353. The van der Waals surface area contributed by atoms with Crippen molar-refractivity contribution in [1.82, 2.24) is 9.80 Å². The molecule has 0 atom stereocenters. The molecule has 25 heavy (non-hydrogen) atoms. The van der Waals surface area contributed by atoms with Crippen LogP contribution in [0.25, 0.3) is 0 Å². The molecule has 1 aliphatic heterocycles. The molecular weight excluding hydrogens is 344 g/mol. The summed E-state index contributed by atoms with van der Waals surface area (Å²) in [5.41, 5.74) is 0.460. The number of benzene rings is 1. The van der Waals surface area contributed by atoms with Crippen LogP contribution in [0.15, 0.2) is 30.0 Å². The van der Waals surface area contributed by atoms with Gasteiger partial charge in [0, 0.05) is 45.0 Å². The second kappa shape index (κ2) is 8.40. The molecule has 7 nitrogen and oxygen atoms in total. The quantitative estimate of drug-likeness (QED) is 0.652. The number of halogens is 1. The molecule has 2 amide bonds. The number of methoxy groups -OCH3 is 1. The van der Waals surface area contributed by atoms with Crippen molar-refractivity contribution in [2.45, 2.75) is 6.92 Å². The summed E-state index contributed by atoms with van der Waals surface area (Å²) in [5, 5.41) is 12.3. The Morgan fingerprint density at radius 1 is 1.32 bits per heavy atom. The molecule has 0 aromatic heterocycles. The SMILES string of the molecule is COc1ccc(NC(=O)/C(C#N)=C\N2CCN(C(C)=O)CC2)cc1Cl. The van der Waals surface area contributed by atoms with Crippen molar-refractivity contribution in [1.29, 1.82) is 5.26 Å². The van der Waals surface area contributed by atoms with Gasteiger partial charge in [-0.05, 0) is 18.2 Å². The van der Waals surface area contributed by atoms with E-state index in [4.69, 9.17) is 16.3 Å². The Bertz CT molecular complexity index is 734. The predicted molar refractivity (Wildman–Crippen MR) is 94.2 cm³/mol. The lowest BCUT2D eigenvalue weighted by Crippen LogP contribution is -2.46. The van der Waals surface area contributed by atoms with Gasteiger partial charge in [-0.1, -0.05) is 11.6 Å². The van der Waals surface area contributed by atoms with Crippen LogP contribution in [0.3, 0.4) is 0 Å². The van der Waals surface area contributed by atoms with Crippen molar-refractivity contribution in [3.8, 4) is 11.8 Å². The standard InChI is InChI=1S/C17H19ClN4O3/c1-12(23)22-7-5-21(6-8-22)11-13(10-19)17(24)20-14-3-4-16(25-2)15(18)9-14/h3-4,9,11H,5-8H2,1-2H3,(H,20,24)/b13-11-. The van der Waals surface area contributed by atoms with Crippen molar-refractivity contribution in [3.63, 3.8) is 0 Å². The highest BCUT2D eigenvalue weighted by atomic mass is 35.5. The average molecular weight is 363 g/mol. The maximum atomic E-state index is 12.3. The molecule has 1 saturated heterocycles. The Balaban J connectivity index is 2.02. The zero-order valence-electron chi connectivity index (χ0n) is 14.1. The Morgan fingerprint density at radius 3 is 2.52 bits per heavy atom. The molecule has 0 spiro atoms. The number of hydrogen-bond acceptors (Lipinski definition) is 5. The van der Waals surface area contributed by atoms with Gasteiger partial charge in [0.15, 0.2) is 0 Å². The first-order valence-electron chi connectivity index (χ1n) is 7.71. The van der Waals surface area contributed by atoms with E-state index >= 15 is 0 Å². The second-order valence-electron chi connectivity index (χ2n) is 5.50. The van der Waals surface area contributed by atoms with Crippen molar-refractivity contribution >= 4 is 29.1 Å². The molecule has 2 rings (SSSR count). The van der Waals surface area contributed by atoms with Gasteiger partial charge in [-0.15, -0.1) is 0 Å². The molecule has 0 saturated carbocycles. The smallest absolute Gasteiger partial charge is 0.267 e. The first-order chi connectivity index (χ1) is 11.9. The van der Waals surface area contributed by atoms with Gasteiger partial charge in [-0.25, -0.2) is 0 Å². The number of amides is 2. The third kappa shape index (κ3) is 4.88. The lowest BCUT2D eigenvalue weighted by Gasteiger charge is -2.33. The van der Waals surface area contributed by atoms with Gasteiger partial charge in [-0.2, -0.15) is 5.26 Å². The number of nitrogens with one attached hydrogen (secondary N) is 1. The molecule has 0 unspecified atom stereocenters. The van der Waals surface area contributed by atoms with E-state index in [-0.39, 0.29) is 11.5 Å². The molecule has 0 aliphatic carbocycles. The van der Waals surface area contributed by atoms with E-state index in [9.17, 15) is 14.9 Å². The normalized spacial score (nSPS) is 14.7. The van der Waals surface area contributed by atoms with Crippen LogP contribution in [0, 0.1) is 11.3 Å². The summed E-state index contributed by atoms with van der Waals surface area (Å²) in [6.07, 6.45) is 1.53. The molecule has 1 aromatic carbocycles.